The van der Waals surface area contributed by atoms with Crippen molar-refractivity contribution in [3.05, 3.63) is 29.6 Å². The molecular formula is C17H27FN2O. The van der Waals surface area contributed by atoms with Gasteiger partial charge in [0.05, 0.1) is 5.69 Å². The summed E-state index contributed by atoms with van der Waals surface area (Å²) in [6.45, 7) is 7.58. The number of hydrogen-bond donors (Lipinski definition) is 1. The highest BCUT2D eigenvalue weighted by Crippen LogP contribution is 2.30. The third-order valence-corrected chi connectivity index (χ3v) is 4.25. The number of para-hydroxylation sites is 1. The molecule has 0 bridgehead atoms. The highest BCUT2D eigenvalue weighted by molar-refractivity contribution is 5.55. The standard InChI is InChI=1S/C17H27FN2O/c1-4-19-13(2)15-6-5-7-16(18)17(15)20(3)12-14-8-10-21-11-9-14/h5-7,13-14,19H,4,8-12H2,1-3H3. The molecule has 0 amide bonds. The van der Waals surface area contributed by atoms with Crippen molar-refractivity contribution in [3.63, 3.8) is 0 Å². The number of rotatable bonds is 6. The quantitative estimate of drug-likeness (QED) is 0.870. The van der Waals surface area contributed by atoms with E-state index in [-0.39, 0.29) is 11.9 Å². The maximum atomic E-state index is 14.4. The number of ether oxygens (including phenoxy) is 1. The first kappa shape index (κ1) is 16.2. The van der Waals surface area contributed by atoms with Gasteiger partial charge in [-0.05, 0) is 43.9 Å². The van der Waals surface area contributed by atoms with Crippen LogP contribution in [0.15, 0.2) is 18.2 Å². The van der Waals surface area contributed by atoms with Crippen LogP contribution < -0.4 is 10.2 Å². The zero-order chi connectivity index (χ0) is 15.2. The lowest BCUT2D eigenvalue weighted by Gasteiger charge is -2.31. The minimum absolute atomic E-state index is 0.133. The third kappa shape index (κ3) is 4.17. The lowest BCUT2D eigenvalue weighted by atomic mass is 9.98. The van der Waals surface area contributed by atoms with Gasteiger partial charge in [0.25, 0.3) is 0 Å². The molecule has 3 nitrogen and oxygen atoms in total. The molecule has 1 aromatic carbocycles. The van der Waals surface area contributed by atoms with E-state index in [1.807, 2.05) is 13.1 Å². The summed E-state index contributed by atoms with van der Waals surface area (Å²) in [6.07, 6.45) is 2.13. The molecule has 0 aliphatic carbocycles. The predicted octanol–water partition coefficient (Wildman–Crippen LogP) is 3.36. The summed E-state index contributed by atoms with van der Waals surface area (Å²) in [7, 11) is 2.00. The zero-order valence-electron chi connectivity index (χ0n) is 13.4. The van der Waals surface area contributed by atoms with Crippen molar-refractivity contribution in [2.75, 3.05) is 38.3 Å². The Morgan fingerprint density at radius 3 is 2.76 bits per heavy atom. The van der Waals surface area contributed by atoms with Crippen molar-refractivity contribution in [2.24, 2.45) is 5.92 Å². The SMILES string of the molecule is CCNC(C)c1cccc(F)c1N(C)CC1CCOCC1. The number of anilines is 1. The van der Waals surface area contributed by atoms with E-state index in [1.165, 1.54) is 0 Å². The number of nitrogens with one attached hydrogen (secondary N) is 1. The van der Waals surface area contributed by atoms with E-state index in [2.05, 4.69) is 24.1 Å². The van der Waals surface area contributed by atoms with Crippen LogP contribution in [-0.4, -0.2) is 33.4 Å². The summed E-state index contributed by atoms with van der Waals surface area (Å²) < 4.78 is 19.8. The molecule has 1 atom stereocenters. The van der Waals surface area contributed by atoms with Gasteiger partial charge in [-0.2, -0.15) is 0 Å². The second-order valence-electron chi connectivity index (χ2n) is 5.89. The molecular weight excluding hydrogens is 267 g/mol. The Bertz CT molecular complexity index is 446. The largest absolute Gasteiger partial charge is 0.381 e. The minimum Gasteiger partial charge on any atom is -0.381 e. The average molecular weight is 294 g/mol. The van der Waals surface area contributed by atoms with Gasteiger partial charge >= 0.3 is 0 Å². The Morgan fingerprint density at radius 1 is 1.38 bits per heavy atom. The van der Waals surface area contributed by atoms with E-state index in [0.717, 1.165) is 50.4 Å². The Labute approximate surface area is 127 Å². The molecule has 0 radical (unpaired) electrons. The monoisotopic (exact) mass is 294 g/mol. The van der Waals surface area contributed by atoms with Crippen molar-refractivity contribution in [1.29, 1.82) is 0 Å². The number of benzene rings is 1. The molecule has 118 valence electrons. The molecule has 1 aromatic rings. The van der Waals surface area contributed by atoms with Gasteiger partial charge in [-0.25, -0.2) is 4.39 Å². The smallest absolute Gasteiger partial charge is 0.146 e. The number of hydrogen-bond acceptors (Lipinski definition) is 3. The summed E-state index contributed by atoms with van der Waals surface area (Å²) in [5.41, 5.74) is 1.77. The fourth-order valence-electron chi connectivity index (χ4n) is 3.11. The molecule has 1 unspecified atom stereocenters. The molecule has 1 saturated heterocycles. The summed E-state index contributed by atoms with van der Waals surface area (Å²) >= 11 is 0. The van der Waals surface area contributed by atoms with E-state index >= 15 is 0 Å². The maximum absolute atomic E-state index is 14.4. The van der Waals surface area contributed by atoms with Crippen molar-refractivity contribution < 1.29 is 9.13 Å². The lowest BCUT2D eigenvalue weighted by Crippen LogP contribution is -2.31. The van der Waals surface area contributed by atoms with Crippen LogP contribution in [0.2, 0.25) is 0 Å². The van der Waals surface area contributed by atoms with Gasteiger partial charge in [0.2, 0.25) is 0 Å². The van der Waals surface area contributed by atoms with Gasteiger partial charge in [0, 0.05) is 32.8 Å². The normalized spacial score (nSPS) is 17.7. The second kappa shape index (κ2) is 7.76. The van der Waals surface area contributed by atoms with Crippen molar-refractivity contribution >= 4 is 5.69 Å². The van der Waals surface area contributed by atoms with Gasteiger partial charge in [-0.1, -0.05) is 19.1 Å². The molecule has 21 heavy (non-hydrogen) atoms. The van der Waals surface area contributed by atoms with Crippen molar-refractivity contribution in [2.45, 2.75) is 32.7 Å². The Hall–Kier alpha value is -1.13. The first-order valence-electron chi connectivity index (χ1n) is 7.94. The lowest BCUT2D eigenvalue weighted by molar-refractivity contribution is 0.0685. The number of halogens is 1. The van der Waals surface area contributed by atoms with Crippen LogP contribution in [0.5, 0.6) is 0 Å². The van der Waals surface area contributed by atoms with Gasteiger partial charge in [0.15, 0.2) is 0 Å². The topological polar surface area (TPSA) is 24.5 Å². The molecule has 1 heterocycles. The first-order chi connectivity index (χ1) is 10.1. The van der Waals surface area contributed by atoms with Gasteiger partial charge in [0.1, 0.15) is 5.82 Å². The van der Waals surface area contributed by atoms with Gasteiger partial charge < -0.3 is 15.0 Å². The summed E-state index contributed by atoms with van der Waals surface area (Å²) in [4.78, 5) is 2.08. The molecule has 0 aromatic heterocycles. The summed E-state index contributed by atoms with van der Waals surface area (Å²) in [6, 6.07) is 5.52. The molecule has 4 heteroatoms. The Morgan fingerprint density at radius 2 is 2.10 bits per heavy atom. The number of nitrogens with zero attached hydrogens (tertiary/aromatic N) is 1. The third-order valence-electron chi connectivity index (χ3n) is 4.25. The Balaban J connectivity index is 2.16. The van der Waals surface area contributed by atoms with Crippen LogP contribution in [0.25, 0.3) is 0 Å². The van der Waals surface area contributed by atoms with E-state index in [4.69, 9.17) is 4.74 Å². The minimum atomic E-state index is -0.133. The first-order valence-corrected chi connectivity index (χ1v) is 7.94. The predicted molar refractivity (Wildman–Crippen MR) is 85.3 cm³/mol. The van der Waals surface area contributed by atoms with Crippen LogP contribution in [0, 0.1) is 11.7 Å². The summed E-state index contributed by atoms with van der Waals surface area (Å²) in [5, 5.41) is 3.37. The maximum Gasteiger partial charge on any atom is 0.146 e. The van der Waals surface area contributed by atoms with Gasteiger partial charge in [-0.3, -0.25) is 0 Å². The van der Waals surface area contributed by atoms with Crippen molar-refractivity contribution in [1.82, 2.24) is 5.32 Å². The fourth-order valence-corrected chi connectivity index (χ4v) is 3.11. The van der Waals surface area contributed by atoms with Gasteiger partial charge in [-0.15, -0.1) is 0 Å². The zero-order valence-corrected chi connectivity index (χ0v) is 13.4. The highest BCUT2D eigenvalue weighted by Gasteiger charge is 2.21. The molecule has 0 saturated carbocycles. The van der Waals surface area contributed by atoms with E-state index in [9.17, 15) is 4.39 Å². The molecule has 1 N–H and O–H groups in total. The molecule has 1 aliphatic rings. The molecule has 1 aliphatic heterocycles. The highest BCUT2D eigenvalue weighted by atomic mass is 19.1. The Kier molecular flexibility index (Phi) is 6.00. The van der Waals surface area contributed by atoms with Crippen LogP contribution in [0.3, 0.4) is 0 Å². The van der Waals surface area contributed by atoms with Crippen LogP contribution >= 0.6 is 0 Å². The van der Waals surface area contributed by atoms with Crippen molar-refractivity contribution in [3.8, 4) is 0 Å². The summed E-state index contributed by atoms with van der Waals surface area (Å²) in [5.74, 6) is 0.456. The van der Waals surface area contributed by atoms with Crippen LogP contribution in [0.4, 0.5) is 10.1 Å². The van der Waals surface area contributed by atoms with Crippen LogP contribution in [0.1, 0.15) is 38.3 Å². The van der Waals surface area contributed by atoms with E-state index in [0.29, 0.717) is 5.92 Å². The molecule has 2 rings (SSSR count). The van der Waals surface area contributed by atoms with E-state index in [1.54, 1.807) is 12.1 Å². The van der Waals surface area contributed by atoms with E-state index < -0.39 is 0 Å². The van der Waals surface area contributed by atoms with Crippen LogP contribution in [-0.2, 0) is 4.74 Å². The molecule has 0 spiro atoms. The molecule has 1 fully saturated rings. The second-order valence-corrected chi connectivity index (χ2v) is 5.89. The average Bonchev–Trinajstić information content (AvgIpc) is 2.48. The fraction of sp³-hybridized carbons (Fsp3) is 0.647.